The van der Waals surface area contributed by atoms with E-state index in [2.05, 4.69) is 22.0 Å². The molecule has 2 N–H and O–H groups in total. The molecule has 1 amide bonds. The number of aliphatic hydroxyl groups excluding tert-OH is 1. The predicted octanol–water partition coefficient (Wildman–Crippen LogP) is 4.34. The van der Waals surface area contributed by atoms with E-state index in [1.807, 2.05) is 60.7 Å². The first kappa shape index (κ1) is 29.7. The zero-order chi connectivity index (χ0) is 29.6. The number of hydrogen-bond acceptors (Lipinski definition) is 8. The van der Waals surface area contributed by atoms with E-state index < -0.39 is 6.29 Å². The van der Waals surface area contributed by atoms with Gasteiger partial charge in [0.2, 0.25) is 5.91 Å². The number of hydrogen-bond donors (Lipinski definition) is 2. The lowest BCUT2D eigenvalue weighted by Gasteiger charge is -2.44. The first-order valence-corrected chi connectivity index (χ1v) is 14.4. The van der Waals surface area contributed by atoms with Gasteiger partial charge in [-0.3, -0.25) is 19.8 Å². The zero-order valence-electron chi connectivity index (χ0n) is 24.0. The molecule has 2 aliphatic rings. The van der Waals surface area contributed by atoms with E-state index in [9.17, 15) is 20.0 Å². The van der Waals surface area contributed by atoms with Gasteiger partial charge in [-0.2, -0.15) is 0 Å². The van der Waals surface area contributed by atoms with E-state index in [0.29, 0.717) is 6.54 Å². The van der Waals surface area contributed by atoms with Crippen LogP contribution >= 0.6 is 0 Å². The molecule has 4 unspecified atom stereocenters. The van der Waals surface area contributed by atoms with E-state index >= 15 is 0 Å². The van der Waals surface area contributed by atoms with Gasteiger partial charge in [0.25, 0.3) is 5.69 Å². The second kappa shape index (κ2) is 13.4. The first-order chi connectivity index (χ1) is 20.3. The number of nitrogens with one attached hydrogen (secondary N) is 1. The molecule has 42 heavy (non-hydrogen) atoms. The number of non-ortho nitro benzene ring substituents is 1. The number of carbonyl (C=O) groups is 1. The maximum atomic E-state index is 11.3. The normalized spacial score (nSPS) is 23.0. The van der Waals surface area contributed by atoms with Crippen molar-refractivity contribution >= 4 is 17.3 Å². The molecule has 2 fully saturated rings. The lowest BCUT2D eigenvalue weighted by Crippen LogP contribution is -2.51. The molecular weight excluding hydrogens is 536 g/mol. The van der Waals surface area contributed by atoms with Gasteiger partial charge < -0.3 is 24.8 Å². The second-order valence-corrected chi connectivity index (χ2v) is 11.0. The maximum absolute atomic E-state index is 11.3. The third-order valence-electron chi connectivity index (χ3n) is 8.15. The van der Waals surface area contributed by atoms with Crippen LogP contribution in [0.5, 0.6) is 0 Å². The summed E-state index contributed by atoms with van der Waals surface area (Å²) in [7, 11) is 0. The molecule has 0 aliphatic carbocycles. The number of nitro benzene ring substituents is 1. The Labute approximate surface area is 246 Å². The van der Waals surface area contributed by atoms with Crippen molar-refractivity contribution in [2.45, 2.75) is 45.5 Å². The molecule has 3 aromatic rings. The van der Waals surface area contributed by atoms with Gasteiger partial charge in [-0.1, -0.05) is 55.5 Å². The van der Waals surface area contributed by atoms with Crippen molar-refractivity contribution in [1.82, 2.24) is 10.2 Å². The van der Waals surface area contributed by atoms with Crippen LogP contribution in [0.25, 0.3) is 0 Å². The monoisotopic (exact) mass is 574 g/mol. The number of amides is 1. The molecule has 0 spiro atoms. The highest BCUT2D eigenvalue weighted by atomic mass is 16.7. The van der Waals surface area contributed by atoms with Crippen LogP contribution in [0.1, 0.15) is 48.5 Å². The highest BCUT2D eigenvalue weighted by Gasteiger charge is 2.39. The van der Waals surface area contributed by atoms with Gasteiger partial charge in [0, 0.05) is 75.5 Å². The van der Waals surface area contributed by atoms with Gasteiger partial charge in [0.05, 0.1) is 23.7 Å². The number of rotatable bonds is 9. The molecule has 5 rings (SSSR count). The number of carbonyl (C=O) groups excluding carboxylic acids is 1. The number of ether oxygens (including phenoxy) is 2. The molecule has 2 aliphatic heterocycles. The minimum atomic E-state index is -0.551. The Morgan fingerprint density at radius 3 is 2.14 bits per heavy atom. The van der Waals surface area contributed by atoms with Crippen molar-refractivity contribution < 1.29 is 24.3 Å². The van der Waals surface area contributed by atoms with Crippen molar-refractivity contribution in [3.8, 4) is 0 Å². The summed E-state index contributed by atoms with van der Waals surface area (Å²) in [4.78, 5) is 26.6. The zero-order valence-corrected chi connectivity index (χ0v) is 24.0. The molecule has 0 radical (unpaired) electrons. The molecule has 0 aromatic heterocycles. The number of anilines is 1. The Balaban J connectivity index is 1.28. The number of piperazine rings is 1. The van der Waals surface area contributed by atoms with E-state index in [-0.39, 0.29) is 41.3 Å². The van der Waals surface area contributed by atoms with E-state index in [1.165, 1.54) is 6.92 Å². The van der Waals surface area contributed by atoms with Crippen molar-refractivity contribution in [3.05, 3.63) is 105 Å². The van der Waals surface area contributed by atoms with Crippen molar-refractivity contribution in [2.24, 2.45) is 5.92 Å². The summed E-state index contributed by atoms with van der Waals surface area (Å²) in [6.45, 7) is 8.21. The quantitative estimate of drug-likeness (QED) is 0.286. The summed E-state index contributed by atoms with van der Waals surface area (Å²) >= 11 is 0. The van der Waals surface area contributed by atoms with Crippen LogP contribution in [0.15, 0.2) is 72.8 Å². The topological polar surface area (TPSA) is 117 Å². The van der Waals surface area contributed by atoms with Crippen LogP contribution in [0.3, 0.4) is 0 Å². The molecule has 10 heteroatoms. The molecule has 222 valence electrons. The van der Waals surface area contributed by atoms with Crippen molar-refractivity contribution in [3.63, 3.8) is 0 Å². The van der Waals surface area contributed by atoms with Gasteiger partial charge in [-0.05, 0) is 28.8 Å². The summed E-state index contributed by atoms with van der Waals surface area (Å²) in [6.07, 6.45) is -0.830. The second-order valence-electron chi connectivity index (χ2n) is 11.0. The summed E-state index contributed by atoms with van der Waals surface area (Å²) in [6, 6.07) is 22.6. The van der Waals surface area contributed by atoms with Crippen LogP contribution in [0.2, 0.25) is 0 Å². The average molecular weight is 575 g/mol. The van der Waals surface area contributed by atoms with Crippen LogP contribution in [-0.2, 0) is 27.4 Å². The summed E-state index contributed by atoms with van der Waals surface area (Å²) in [5.74, 6) is 0.00598. The molecule has 0 saturated carbocycles. The molecule has 4 atom stereocenters. The summed E-state index contributed by atoms with van der Waals surface area (Å²) < 4.78 is 13.2. The molecule has 10 nitrogen and oxygen atoms in total. The molecule has 2 heterocycles. The Morgan fingerprint density at radius 1 is 0.929 bits per heavy atom. The Bertz CT molecular complexity index is 1340. The standard InChI is InChI=1S/C32H38N4O6/c1-22-30(20-34-15-17-35(18-16-34)28-11-13-29(14-12-28)36(39)40)41-32(27-9-3-24(4-10-27)19-33-23(2)38)42-31(22)26-7-5-25(21-37)6-8-26/h3-14,22,30-32,37H,15-21H2,1-2H3,(H,33,38). The molecule has 2 saturated heterocycles. The number of aliphatic hydroxyl groups is 1. The van der Waals surface area contributed by atoms with Crippen LogP contribution < -0.4 is 10.2 Å². The third-order valence-corrected chi connectivity index (χ3v) is 8.15. The van der Waals surface area contributed by atoms with E-state index in [4.69, 9.17) is 9.47 Å². The fourth-order valence-corrected chi connectivity index (χ4v) is 5.58. The van der Waals surface area contributed by atoms with Gasteiger partial charge in [0.15, 0.2) is 6.29 Å². The fourth-order valence-electron chi connectivity index (χ4n) is 5.58. The number of nitro groups is 1. The van der Waals surface area contributed by atoms with Crippen LogP contribution in [0.4, 0.5) is 11.4 Å². The van der Waals surface area contributed by atoms with Crippen molar-refractivity contribution in [1.29, 1.82) is 0 Å². The number of benzene rings is 3. The Kier molecular flexibility index (Phi) is 9.48. The van der Waals surface area contributed by atoms with E-state index in [1.54, 1.807) is 12.1 Å². The van der Waals surface area contributed by atoms with Crippen molar-refractivity contribution in [2.75, 3.05) is 37.6 Å². The average Bonchev–Trinajstić information content (AvgIpc) is 3.02. The Morgan fingerprint density at radius 2 is 1.55 bits per heavy atom. The number of nitrogens with zero attached hydrogens (tertiary/aromatic N) is 3. The van der Waals surface area contributed by atoms with Crippen LogP contribution in [-0.4, -0.2) is 59.7 Å². The minimum Gasteiger partial charge on any atom is -0.392 e. The summed E-state index contributed by atoms with van der Waals surface area (Å²) in [5.41, 5.74) is 4.90. The fraction of sp³-hybridized carbons (Fsp3) is 0.406. The highest BCUT2D eigenvalue weighted by Crippen LogP contribution is 2.42. The molecule has 3 aromatic carbocycles. The largest absolute Gasteiger partial charge is 0.392 e. The van der Waals surface area contributed by atoms with Gasteiger partial charge in [-0.15, -0.1) is 0 Å². The Hall–Kier alpha value is -3.83. The molecule has 0 bridgehead atoms. The van der Waals surface area contributed by atoms with E-state index in [0.717, 1.165) is 60.7 Å². The predicted molar refractivity (Wildman–Crippen MR) is 159 cm³/mol. The SMILES string of the molecule is CC(=O)NCc1ccc(C2OC(CN3CCN(c4ccc([N+](=O)[O-])cc4)CC3)C(C)C(c3ccc(CO)cc3)O2)cc1. The summed E-state index contributed by atoms with van der Waals surface area (Å²) in [5, 5.41) is 23.3. The van der Waals surface area contributed by atoms with Crippen LogP contribution in [0, 0.1) is 16.0 Å². The van der Waals surface area contributed by atoms with Gasteiger partial charge in [0.1, 0.15) is 0 Å². The van der Waals surface area contributed by atoms with Gasteiger partial charge >= 0.3 is 0 Å². The minimum absolute atomic E-state index is 0.00754. The lowest BCUT2D eigenvalue weighted by atomic mass is 9.90. The third kappa shape index (κ3) is 7.14. The highest BCUT2D eigenvalue weighted by molar-refractivity contribution is 5.72. The molecular formula is C32H38N4O6. The van der Waals surface area contributed by atoms with Gasteiger partial charge in [-0.25, -0.2) is 0 Å². The smallest absolute Gasteiger partial charge is 0.269 e. The first-order valence-electron chi connectivity index (χ1n) is 14.4. The lowest BCUT2D eigenvalue weighted by molar-refractivity contribution is -0.384. The maximum Gasteiger partial charge on any atom is 0.269 e.